The van der Waals surface area contributed by atoms with Crippen molar-refractivity contribution in [2.24, 2.45) is 5.41 Å². The van der Waals surface area contributed by atoms with Crippen molar-refractivity contribution in [2.75, 3.05) is 32.2 Å². The van der Waals surface area contributed by atoms with E-state index < -0.39 is 23.4 Å². The molecule has 9 heteroatoms. The van der Waals surface area contributed by atoms with Gasteiger partial charge in [-0.2, -0.15) is 8.42 Å². The summed E-state index contributed by atoms with van der Waals surface area (Å²) in [4.78, 5) is 0. The van der Waals surface area contributed by atoms with Crippen molar-refractivity contribution in [3.63, 3.8) is 0 Å². The lowest BCUT2D eigenvalue weighted by atomic mass is 9.93. The van der Waals surface area contributed by atoms with Crippen molar-refractivity contribution in [2.45, 2.75) is 6.92 Å². The van der Waals surface area contributed by atoms with E-state index in [1.807, 2.05) is 0 Å². The molecule has 0 aromatic rings. The summed E-state index contributed by atoms with van der Waals surface area (Å²) < 4.78 is 53.3. The molecule has 0 aliphatic carbocycles. The predicted molar refractivity (Wildman–Crippen MR) is 53.3 cm³/mol. The first-order valence-electron chi connectivity index (χ1n) is 4.79. The molecule has 3 aliphatic rings. The van der Waals surface area contributed by atoms with Gasteiger partial charge < -0.3 is 0 Å². The van der Waals surface area contributed by atoms with Crippen LogP contribution in [0.3, 0.4) is 0 Å². The van der Waals surface area contributed by atoms with Gasteiger partial charge in [-0.15, -0.1) is 0 Å². The molecule has 2 bridgehead atoms. The number of phosphoric acid groups is 1. The van der Waals surface area contributed by atoms with E-state index >= 15 is 0 Å². The summed E-state index contributed by atoms with van der Waals surface area (Å²) in [5.41, 5.74) is -0.672. The molecule has 0 aromatic heterocycles. The summed E-state index contributed by atoms with van der Waals surface area (Å²) in [5, 5.41) is 0. The maximum Gasteiger partial charge on any atom is 0.474 e. The van der Waals surface area contributed by atoms with E-state index in [1.54, 1.807) is 0 Å². The molecule has 0 unspecified atom stereocenters. The lowest BCUT2D eigenvalue weighted by molar-refractivity contribution is -0.109. The van der Waals surface area contributed by atoms with E-state index in [0.29, 0.717) is 0 Å². The van der Waals surface area contributed by atoms with Gasteiger partial charge in [-0.1, -0.05) is 0 Å². The minimum absolute atomic E-state index is 0.0802. The zero-order chi connectivity index (χ0) is 11.9. The van der Waals surface area contributed by atoms with Gasteiger partial charge in [0.2, 0.25) is 0 Å². The van der Waals surface area contributed by atoms with Crippen LogP contribution in [0.15, 0.2) is 0 Å². The van der Waals surface area contributed by atoms with Crippen LogP contribution in [0.1, 0.15) is 6.92 Å². The van der Waals surface area contributed by atoms with Crippen LogP contribution < -0.4 is 0 Å². The maximum atomic E-state index is 11.4. The number of phosphoric ester groups is 1. The molecule has 0 N–H and O–H groups in total. The maximum absolute atomic E-state index is 11.4. The molecule has 3 saturated heterocycles. The average molecular weight is 272 g/mol. The molecule has 0 spiro atoms. The first-order chi connectivity index (χ1) is 7.39. The third-order valence-electron chi connectivity index (χ3n) is 2.48. The van der Waals surface area contributed by atoms with Gasteiger partial charge in [-0.3, -0.25) is 17.8 Å². The molecule has 3 aliphatic heterocycles. The van der Waals surface area contributed by atoms with Crippen molar-refractivity contribution in [3.05, 3.63) is 0 Å². The molecule has 0 atom stereocenters. The van der Waals surface area contributed by atoms with Crippen LogP contribution in [0.5, 0.6) is 0 Å². The predicted octanol–water partition coefficient (Wildman–Crippen LogP) is 0.524. The highest BCUT2D eigenvalue weighted by Crippen LogP contribution is 2.59. The first-order valence-corrected chi connectivity index (χ1v) is 7.83. The van der Waals surface area contributed by atoms with E-state index in [1.165, 1.54) is 6.92 Å². The molecule has 7 nitrogen and oxygen atoms in total. The lowest BCUT2D eigenvalue weighted by Crippen LogP contribution is -2.48. The normalized spacial score (nSPS) is 38.8. The van der Waals surface area contributed by atoms with Crippen LogP contribution in [0.4, 0.5) is 0 Å². The average Bonchev–Trinajstić information content (AvgIpc) is 2.29. The Kier molecular flexibility index (Phi) is 3.15. The Bertz CT molecular complexity index is 385. The van der Waals surface area contributed by atoms with Crippen LogP contribution in [-0.4, -0.2) is 40.6 Å². The highest BCUT2D eigenvalue weighted by atomic mass is 32.2. The smallest absolute Gasteiger partial charge is 0.286 e. The van der Waals surface area contributed by atoms with Gasteiger partial charge in [0.1, 0.15) is 0 Å². The third-order valence-corrected chi connectivity index (χ3v) is 5.00. The van der Waals surface area contributed by atoms with Crippen molar-refractivity contribution >= 4 is 17.9 Å². The molecule has 16 heavy (non-hydrogen) atoms. The molecule has 0 saturated carbocycles. The van der Waals surface area contributed by atoms with Gasteiger partial charge >= 0.3 is 7.82 Å². The van der Waals surface area contributed by atoms with Gasteiger partial charge in [0.15, 0.2) is 0 Å². The topological polar surface area (TPSA) is 88.1 Å². The van der Waals surface area contributed by atoms with Crippen molar-refractivity contribution in [1.82, 2.24) is 0 Å². The SMILES string of the molecule is CCS(=O)(=O)OCC12COP(=O)(OC1)OC2. The zero-order valence-electron chi connectivity index (χ0n) is 8.75. The van der Waals surface area contributed by atoms with Crippen molar-refractivity contribution in [3.8, 4) is 0 Å². The quantitative estimate of drug-likeness (QED) is 0.544. The molecule has 3 rings (SSSR count). The number of hydrogen-bond donors (Lipinski definition) is 0. The molecular formula is C7H13O7PS. The van der Waals surface area contributed by atoms with Gasteiger partial charge in [0.25, 0.3) is 10.1 Å². The van der Waals surface area contributed by atoms with E-state index in [2.05, 4.69) is 0 Å². The van der Waals surface area contributed by atoms with Gasteiger partial charge in [0, 0.05) is 0 Å². The lowest BCUT2D eigenvalue weighted by Gasteiger charge is -2.43. The van der Waals surface area contributed by atoms with Crippen LogP contribution in [0.2, 0.25) is 0 Å². The molecule has 94 valence electrons. The van der Waals surface area contributed by atoms with Gasteiger partial charge in [-0.25, -0.2) is 4.57 Å². The fraction of sp³-hybridized carbons (Fsp3) is 1.00. The fourth-order valence-electron chi connectivity index (χ4n) is 1.31. The molecule has 3 heterocycles. The second kappa shape index (κ2) is 4.04. The van der Waals surface area contributed by atoms with Crippen molar-refractivity contribution < 1.29 is 30.7 Å². The summed E-state index contributed by atoms with van der Waals surface area (Å²) >= 11 is 0. The third kappa shape index (κ3) is 2.47. The first kappa shape index (κ1) is 12.5. The molecular weight excluding hydrogens is 259 g/mol. The van der Waals surface area contributed by atoms with E-state index in [4.69, 9.17) is 17.8 Å². The fourth-order valence-corrected chi connectivity index (χ4v) is 3.42. The minimum Gasteiger partial charge on any atom is -0.286 e. The summed E-state index contributed by atoms with van der Waals surface area (Å²) in [7, 11) is -6.85. The summed E-state index contributed by atoms with van der Waals surface area (Å²) in [6, 6.07) is 0. The van der Waals surface area contributed by atoms with Gasteiger partial charge in [0.05, 0.1) is 37.6 Å². The monoisotopic (exact) mass is 272 g/mol. The van der Waals surface area contributed by atoms with Crippen molar-refractivity contribution in [1.29, 1.82) is 0 Å². The van der Waals surface area contributed by atoms with Crippen LogP contribution in [-0.2, 0) is 32.4 Å². The Morgan fingerprint density at radius 1 is 1.25 bits per heavy atom. The minimum atomic E-state index is -3.50. The molecule has 0 aromatic carbocycles. The number of fused-ring (bicyclic) bond motifs is 3. The Morgan fingerprint density at radius 3 is 2.19 bits per heavy atom. The van der Waals surface area contributed by atoms with Crippen LogP contribution in [0.25, 0.3) is 0 Å². The Balaban J connectivity index is 1.98. The highest BCUT2D eigenvalue weighted by molar-refractivity contribution is 7.86. The molecule has 0 radical (unpaired) electrons. The largest absolute Gasteiger partial charge is 0.474 e. The van der Waals surface area contributed by atoms with E-state index in [-0.39, 0.29) is 32.2 Å². The highest BCUT2D eigenvalue weighted by Gasteiger charge is 2.51. The number of rotatable bonds is 4. The Morgan fingerprint density at radius 2 is 1.75 bits per heavy atom. The van der Waals surface area contributed by atoms with Gasteiger partial charge in [-0.05, 0) is 6.92 Å². The van der Waals surface area contributed by atoms with Crippen LogP contribution in [0, 0.1) is 5.41 Å². The summed E-state index contributed by atoms with van der Waals surface area (Å²) in [6.07, 6.45) is 0. The molecule has 3 fully saturated rings. The van der Waals surface area contributed by atoms with Crippen LogP contribution >= 0.6 is 7.82 Å². The molecule has 0 amide bonds. The van der Waals surface area contributed by atoms with E-state index in [0.717, 1.165) is 0 Å². The Labute approximate surface area is 93.8 Å². The zero-order valence-corrected chi connectivity index (χ0v) is 10.5. The summed E-state index contributed by atoms with van der Waals surface area (Å²) in [6.45, 7) is 1.80. The number of hydrogen-bond acceptors (Lipinski definition) is 7. The Hall–Kier alpha value is 0.0200. The standard InChI is InChI=1S/C7H13O7PS/c1-2-16(9,10)14-6-7-3-11-15(8,12-4-7)13-5-7/h2-6H2,1H3. The second-order valence-corrected chi connectivity index (χ2v) is 7.47. The second-order valence-electron chi connectivity index (χ2n) is 3.88. The summed E-state index contributed by atoms with van der Waals surface area (Å²) in [5.74, 6) is -0.0931. The van der Waals surface area contributed by atoms with E-state index in [9.17, 15) is 13.0 Å².